The van der Waals surface area contributed by atoms with Crippen LogP contribution in [0.25, 0.3) is 32.7 Å². The van der Waals surface area contributed by atoms with Crippen LogP contribution >= 0.6 is 11.6 Å². The van der Waals surface area contributed by atoms with Gasteiger partial charge in [-0.05, 0) is 50.9 Å². The molecule has 4 aromatic rings. The van der Waals surface area contributed by atoms with Gasteiger partial charge in [-0.15, -0.1) is 0 Å². The molecule has 0 saturated heterocycles. The summed E-state index contributed by atoms with van der Waals surface area (Å²) in [6, 6.07) is 27.5. The molecular formula is C20H13Cl. The molecule has 0 spiro atoms. The molecule has 0 radical (unpaired) electrons. The van der Waals surface area contributed by atoms with E-state index in [2.05, 4.69) is 66.7 Å². The van der Waals surface area contributed by atoms with Crippen molar-refractivity contribution in [3.05, 3.63) is 83.9 Å². The first-order valence-corrected chi connectivity index (χ1v) is 7.36. The van der Waals surface area contributed by atoms with E-state index in [1.807, 2.05) is 12.1 Å². The van der Waals surface area contributed by atoms with Crippen molar-refractivity contribution in [2.24, 2.45) is 0 Å². The molecule has 0 N–H and O–H groups in total. The highest BCUT2D eigenvalue weighted by Gasteiger charge is 2.03. The number of benzene rings is 4. The molecule has 0 aromatic heterocycles. The van der Waals surface area contributed by atoms with Crippen molar-refractivity contribution in [2.75, 3.05) is 0 Å². The average Bonchev–Trinajstić information content (AvgIpc) is 2.55. The zero-order valence-electron chi connectivity index (χ0n) is 11.4. The maximum Gasteiger partial charge on any atom is 0.0406 e. The van der Waals surface area contributed by atoms with Crippen molar-refractivity contribution in [3.63, 3.8) is 0 Å². The smallest absolute Gasteiger partial charge is 0.0406 e. The average molecular weight is 289 g/mol. The lowest BCUT2D eigenvalue weighted by atomic mass is 9.97. The Morgan fingerprint density at radius 1 is 0.524 bits per heavy atom. The molecule has 100 valence electrons. The second-order valence-electron chi connectivity index (χ2n) is 5.23. The van der Waals surface area contributed by atoms with E-state index in [9.17, 15) is 0 Å². The van der Waals surface area contributed by atoms with Crippen molar-refractivity contribution < 1.29 is 0 Å². The van der Waals surface area contributed by atoms with Crippen LogP contribution in [-0.4, -0.2) is 0 Å². The second-order valence-corrected chi connectivity index (χ2v) is 5.67. The van der Waals surface area contributed by atoms with Gasteiger partial charge in [-0.1, -0.05) is 72.3 Å². The highest BCUT2D eigenvalue weighted by Crippen LogP contribution is 2.30. The fraction of sp³-hybridized carbons (Fsp3) is 0. The molecule has 0 unspecified atom stereocenters. The van der Waals surface area contributed by atoms with Crippen molar-refractivity contribution >= 4 is 33.1 Å². The van der Waals surface area contributed by atoms with Gasteiger partial charge in [0, 0.05) is 5.02 Å². The SMILES string of the molecule is Clc1ccc(-c2ccc3ccc4ccccc4c3c2)cc1. The van der Waals surface area contributed by atoms with Gasteiger partial charge in [-0.2, -0.15) is 0 Å². The van der Waals surface area contributed by atoms with Gasteiger partial charge in [0.05, 0.1) is 0 Å². The fourth-order valence-electron chi connectivity index (χ4n) is 2.82. The Kier molecular flexibility index (Phi) is 2.90. The van der Waals surface area contributed by atoms with Crippen LogP contribution in [0.4, 0.5) is 0 Å². The van der Waals surface area contributed by atoms with Crippen LogP contribution in [0.15, 0.2) is 78.9 Å². The lowest BCUT2D eigenvalue weighted by molar-refractivity contribution is 1.65. The fourth-order valence-corrected chi connectivity index (χ4v) is 2.95. The first kappa shape index (κ1) is 12.4. The van der Waals surface area contributed by atoms with E-state index in [4.69, 9.17) is 11.6 Å². The molecule has 0 saturated carbocycles. The van der Waals surface area contributed by atoms with Crippen molar-refractivity contribution in [2.45, 2.75) is 0 Å². The van der Waals surface area contributed by atoms with Gasteiger partial charge in [0.1, 0.15) is 0 Å². The normalized spacial score (nSPS) is 11.1. The van der Waals surface area contributed by atoms with Crippen molar-refractivity contribution in [1.29, 1.82) is 0 Å². The maximum atomic E-state index is 5.97. The predicted octanol–water partition coefficient (Wildman–Crippen LogP) is 6.31. The highest BCUT2D eigenvalue weighted by molar-refractivity contribution is 6.30. The third-order valence-electron chi connectivity index (χ3n) is 3.92. The van der Waals surface area contributed by atoms with Gasteiger partial charge in [0.25, 0.3) is 0 Å². The number of fused-ring (bicyclic) bond motifs is 3. The standard InChI is InChI=1S/C20H13Cl/c21-18-11-9-14(10-12-18)17-8-7-16-6-5-15-3-1-2-4-19(15)20(16)13-17/h1-13H. The Labute approximate surface area is 128 Å². The van der Waals surface area contributed by atoms with E-state index in [0.29, 0.717) is 0 Å². The summed E-state index contributed by atoms with van der Waals surface area (Å²) in [5.41, 5.74) is 2.41. The van der Waals surface area contributed by atoms with E-state index < -0.39 is 0 Å². The molecule has 0 amide bonds. The first-order valence-electron chi connectivity index (χ1n) is 6.99. The third kappa shape index (κ3) is 2.18. The van der Waals surface area contributed by atoms with Crippen molar-refractivity contribution in [3.8, 4) is 11.1 Å². The van der Waals surface area contributed by atoms with Crippen LogP contribution in [0.1, 0.15) is 0 Å². The molecule has 0 heterocycles. The lowest BCUT2D eigenvalue weighted by Gasteiger charge is -2.07. The molecule has 0 aliphatic heterocycles. The number of halogens is 1. The van der Waals surface area contributed by atoms with Gasteiger partial charge in [-0.25, -0.2) is 0 Å². The van der Waals surface area contributed by atoms with Gasteiger partial charge in [0.15, 0.2) is 0 Å². The van der Waals surface area contributed by atoms with E-state index in [0.717, 1.165) is 5.02 Å². The quantitative estimate of drug-likeness (QED) is 0.360. The van der Waals surface area contributed by atoms with E-state index in [-0.39, 0.29) is 0 Å². The maximum absolute atomic E-state index is 5.97. The van der Waals surface area contributed by atoms with Crippen LogP contribution in [0.2, 0.25) is 5.02 Å². The van der Waals surface area contributed by atoms with Crippen molar-refractivity contribution in [1.82, 2.24) is 0 Å². The zero-order chi connectivity index (χ0) is 14.2. The van der Waals surface area contributed by atoms with E-state index >= 15 is 0 Å². The zero-order valence-corrected chi connectivity index (χ0v) is 12.1. The Bertz CT molecular complexity index is 937. The van der Waals surface area contributed by atoms with E-state index in [1.165, 1.54) is 32.7 Å². The Morgan fingerprint density at radius 2 is 1.14 bits per heavy atom. The molecule has 0 aliphatic rings. The van der Waals surface area contributed by atoms with Crippen LogP contribution in [0.5, 0.6) is 0 Å². The summed E-state index contributed by atoms with van der Waals surface area (Å²) < 4.78 is 0. The molecule has 0 fully saturated rings. The molecule has 0 bridgehead atoms. The minimum atomic E-state index is 0.769. The van der Waals surface area contributed by atoms with Gasteiger partial charge in [0.2, 0.25) is 0 Å². The first-order chi connectivity index (χ1) is 10.3. The molecule has 4 aromatic carbocycles. The Hall–Kier alpha value is -2.31. The molecule has 0 aliphatic carbocycles. The van der Waals surface area contributed by atoms with Gasteiger partial charge >= 0.3 is 0 Å². The van der Waals surface area contributed by atoms with Crippen LogP contribution < -0.4 is 0 Å². The number of hydrogen-bond donors (Lipinski definition) is 0. The Morgan fingerprint density at radius 3 is 1.95 bits per heavy atom. The summed E-state index contributed by atoms with van der Waals surface area (Å²) in [5, 5.41) is 5.90. The summed E-state index contributed by atoms with van der Waals surface area (Å²) in [4.78, 5) is 0. The summed E-state index contributed by atoms with van der Waals surface area (Å²) in [6.07, 6.45) is 0. The predicted molar refractivity (Wildman–Crippen MR) is 91.9 cm³/mol. The Balaban J connectivity index is 2.00. The third-order valence-corrected chi connectivity index (χ3v) is 4.18. The second kappa shape index (κ2) is 4.91. The molecular weight excluding hydrogens is 276 g/mol. The van der Waals surface area contributed by atoms with Gasteiger partial charge < -0.3 is 0 Å². The monoisotopic (exact) mass is 288 g/mol. The molecule has 21 heavy (non-hydrogen) atoms. The minimum absolute atomic E-state index is 0.769. The summed E-state index contributed by atoms with van der Waals surface area (Å²) in [5.74, 6) is 0. The number of hydrogen-bond acceptors (Lipinski definition) is 0. The molecule has 4 rings (SSSR count). The largest absolute Gasteiger partial charge is 0.0843 e. The van der Waals surface area contributed by atoms with Crippen LogP contribution in [0, 0.1) is 0 Å². The van der Waals surface area contributed by atoms with Crippen LogP contribution in [-0.2, 0) is 0 Å². The topological polar surface area (TPSA) is 0 Å². The van der Waals surface area contributed by atoms with Gasteiger partial charge in [-0.3, -0.25) is 0 Å². The highest BCUT2D eigenvalue weighted by atomic mass is 35.5. The molecule has 0 atom stereocenters. The number of rotatable bonds is 1. The minimum Gasteiger partial charge on any atom is -0.0843 e. The molecule has 1 heteroatoms. The van der Waals surface area contributed by atoms with E-state index in [1.54, 1.807) is 0 Å². The molecule has 0 nitrogen and oxygen atoms in total. The van der Waals surface area contributed by atoms with Crippen LogP contribution in [0.3, 0.4) is 0 Å². The summed E-state index contributed by atoms with van der Waals surface area (Å²) in [6.45, 7) is 0. The summed E-state index contributed by atoms with van der Waals surface area (Å²) in [7, 11) is 0. The summed E-state index contributed by atoms with van der Waals surface area (Å²) >= 11 is 5.97. The lowest BCUT2D eigenvalue weighted by Crippen LogP contribution is -1.81.